The summed E-state index contributed by atoms with van der Waals surface area (Å²) in [6.45, 7) is 5.85. The number of carbonyl (C=O) groups excluding carboxylic acids is 1. The molecule has 42 heavy (non-hydrogen) atoms. The van der Waals surface area contributed by atoms with E-state index in [1.165, 1.54) is 36.8 Å². The van der Waals surface area contributed by atoms with E-state index in [-0.39, 0.29) is 24.0 Å². The fourth-order valence-electron chi connectivity index (χ4n) is 6.97. The van der Waals surface area contributed by atoms with Crippen LogP contribution in [0.15, 0.2) is 42.6 Å². The molecule has 1 aromatic heterocycles. The average Bonchev–Trinajstić information content (AvgIpc) is 3.60. The summed E-state index contributed by atoms with van der Waals surface area (Å²) in [5.74, 6) is -0.00619. The van der Waals surface area contributed by atoms with Crippen molar-refractivity contribution >= 4 is 26.8 Å². The van der Waals surface area contributed by atoms with Crippen LogP contribution in [-0.2, 0) is 32.5 Å². The van der Waals surface area contributed by atoms with Gasteiger partial charge in [-0.2, -0.15) is 0 Å². The second-order valence-corrected chi connectivity index (χ2v) is 14.1. The summed E-state index contributed by atoms with van der Waals surface area (Å²) < 4.78 is 32.3. The molecule has 0 radical (unpaired) electrons. The number of hydrogen-bond donors (Lipinski definition) is 2. The van der Waals surface area contributed by atoms with E-state index >= 15 is 0 Å². The molecular formula is C33H46N4O4S. The van der Waals surface area contributed by atoms with Crippen LogP contribution in [0.1, 0.15) is 74.5 Å². The number of ether oxygens (including phenoxy) is 1. The highest BCUT2D eigenvalue weighted by molar-refractivity contribution is 7.89. The van der Waals surface area contributed by atoms with Gasteiger partial charge in [-0.15, -0.1) is 0 Å². The number of primary amides is 1. The lowest BCUT2D eigenvalue weighted by Crippen LogP contribution is -2.39. The number of amides is 1. The minimum absolute atomic E-state index is 0.120. The predicted molar refractivity (Wildman–Crippen MR) is 169 cm³/mol. The fourth-order valence-corrected chi connectivity index (χ4v) is 8.47. The number of aromatic amines is 1. The van der Waals surface area contributed by atoms with E-state index in [4.69, 9.17) is 10.5 Å². The molecule has 3 aromatic rings. The summed E-state index contributed by atoms with van der Waals surface area (Å²) in [7, 11) is -1.69. The Bertz CT molecular complexity index is 1480. The van der Waals surface area contributed by atoms with Crippen LogP contribution in [0.4, 0.5) is 0 Å². The van der Waals surface area contributed by atoms with Gasteiger partial charge >= 0.3 is 0 Å². The van der Waals surface area contributed by atoms with Crippen molar-refractivity contribution in [3.63, 3.8) is 0 Å². The maximum absolute atomic E-state index is 12.8. The number of methoxy groups -OCH3 is 1. The Morgan fingerprint density at radius 3 is 2.64 bits per heavy atom. The van der Waals surface area contributed by atoms with Crippen molar-refractivity contribution in [1.82, 2.24) is 14.2 Å². The van der Waals surface area contributed by atoms with E-state index in [1.54, 1.807) is 11.4 Å². The van der Waals surface area contributed by atoms with Gasteiger partial charge in [-0.3, -0.25) is 9.69 Å². The van der Waals surface area contributed by atoms with Gasteiger partial charge in [0.05, 0.1) is 12.2 Å². The van der Waals surface area contributed by atoms with Gasteiger partial charge in [0.1, 0.15) is 0 Å². The molecule has 2 aliphatic rings. The summed E-state index contributed by atoms with van der Waals surface area (Å²) >= 11 is 0. The van der Waals surface area contributed by atoms with E-state index in [0.717, 1.165) is 53.5 Å². The molecule has 2 saturated heterocycles. The van der Waals surface area contributed by atoms with Crippen molar-refractivity contribution in [3.8, 4) is 11.1 Å². The van der Waals surface area contributed by atoms with Crippen molar-refractivity contribution in [2.24, 2.45) is 5.73 Å². The number of nitrogens with two attached hydrogens (primary N) is 1. The van der Waals surface area contributed by atoms with Gasteiger partial charge < -0.3 is 15.5 Å². The molecule has 8 nitrogen and oxygen atoms in total. The number of aromatic nitrogens is 1. The van der Waals surface area contributed by atoms with Crippen molar-refractivity contribution in [2.75, 3.05) is 39.1 Å². The Morgan fingerprint density at radius 2 is 1.90 bits per heavy atom. The van der Waals surface area contributed by atoms with Crippen LogP contribution in [0.2, 0.25) is 0 Å². The smallest absolute Gasteiger partial charge is 0.221 e. The van der Waals surface area contributed by atoms with E-state index in [1.807, 2.05) is 6.20 Å². The molecule has 0 spiro atoms. The normalized spacial score (nSPS) is 19.1. The Balaban J connectivity index is 1.40. The molecule has 0 aliphatic carbocycles. The van der Waals surface area contributed by atoms with Crippen molar-refractivity contribution in [1.29, 1.82) is 0 Å². The molecule has 3 heterocycles. The zero-order valence-electron chi connectivity index (χ0n) is 25.1. The third kappa shape index (κ3) is 7.08. The number of piperidine rings is 1. The van der Waals surface area contributed by atoms with Crippen LogP contribution < -0.4 is 5.73 Å². The molecule has 2 aliphatic heterocycles. The van der Waals surface area contributed by atoms with Crippen LogP contribution in [0, 0.1) is 0 Å². The third-order valence-electron chi connectivity index (χ3n) is 9.07. The number of carbonyl (C=O) groups is 1. The molecule has 228 valence electrons. The van der Waals surface area contributed by atoms with Crippen molar-refractivity contribution < 1.29 is 17.9 Å². The Labute approximate surface area is 250 Å². The van der Waals surface area contributed by atoms with Crippen molar-refractivity contribution in [2.45, 2.75) is 76.8 Å². The largest absolute Gasteiger partial charge is 0.385 e. The Hall–Kier alpha value is -2.72. The third-order valence-corrected chi connectivity index (χ3v) is 11.0. The fraction of sp³-hybridized carbons (Fsp3) is 0.545. The highest BCUT2D eigenvalue weighted by atomic mass is 32.2. The predicted octanol–water partition coefficient (Wildman–Crippen LogP) is 5.17. The molecule has 3 N–H and O–H groups in total. The van der Waals surface area contributed by atoms with Crippen LogP contribution in [0.3, 0.4) is 0 Å². The molecule has 1 amide bonds. The van der Waals surface area contributed by atoms with Gasteiger partial charge in [-0.05, 0) is 97.0 Å². The molecule has 2 aromatic carbocycles. The Kier molecular flexibility index (Phi) is 10.0. The number of hydrogen-bond acceptors (Lipinski definition) is 5. The molecule has 0 saturated carbocycles. The van der Waals surface area contributed by atoms with Gasteiger partial charge in [0.2, 0.25) is 15.9 Å². The van der Waals surface area contributed by atoms with Crippen molar-refractivity contribution in [3.05, 3.63) is 59.3 Å². The molecular weight excluding hydrogens is 548 g/mol. The number of H-pyrrole nitrogens is 1. The lowest BCUT2D eigenvalue weighted by molar-refractivity contribution is -0.117. The van der Waals surface area contributed by atoms with E-state index in [9.17, 15) is 13.2 Å². The highest BCUT2D eigenvalue weighted by Gasteiger charge is 2.30. The SMILES string of the molecule is CCCC1CCCN1Cc1cccc(-c2cc(CC(N)=O)c3[nH]cc(C4CCN(S(=O)(=O)CCCOC)CC4)c3c2)c1. The number of fused-ring (bicyclic) bond motifs is 1. The zero-order chi connectivity index (χ0) is 29.7. The van der Waals surface area contributed by atoms with E-state index in [2.05, 4.69) is 53.2 Å². The number of rotatable bonds is 13. The average molecular weight is 595 g/mol. The number of likely N-dealkylation sites (tertiary alicyclic amines) is 1. The van der Waals surface area contributed by atoms with Gasteiger partial charge in [-0.25, -0.2) is 12.7 Å². The summed E-state index contributed by atoms with van der Waals surface area (Å²) in [6, 6.07) is 13.8. The molecule has 2 fully saturated rings. The van der Waals surface area contributed by atoms with Crippen LogP contribution in [0.5, 0.6) is 0 Å². The molecule has 1 atom stereocenters. The molecule has 5 rings (SSSR count). The van der Waals surface area contributed by atoms with Gasteiger partial charge in [-0.1, -0.05) is 31.5 Å². The van der Waals surface area contributed by atoms with Gasteiger partial charge in [0, 0.05) is 56.5 Å². The Morgan fingerprint density at radius 1 is 1.10 bits per heavy atom. The van der Waals surface area contributed by atoms with Crippen LogP contribution >= 0.6 is 0 Å². The molecule has 9 heteroatoms. The molecule has 1 unspecified atom stereocenters. The first kappa shape index (κ1) is 30.7. The first-order valence-corrected chi connectivity index (χ1v) is 17.1. The summed E-state index contributed by atoms with van der Waals surface area (Å²) in [5, 5.41) is 1.10. The highest BCUT2D eigenvalue weighted by Crippen LogP contribution is 2.38. The first-order chi connectivity index (χ1) is 20.3. The first-order valence-electron chi connectivity index (χ1n) is 15.5. The second-order valence-electron chi connectivity index (χ2n) is 12.0. The lowest BCUT2D eigenvalue weighted by atomic mass is 9.88. The zero-order valence-corrected chi connectivity index (χ0v) is 25.9. The lowest BCUT2D eigenvalue weighted by Gasteiger charge is -2.31. The van der Waals surface area contributed by atoms with Gasteiger partial charge in [0.15, 0.2) is 0 Å². The number of nitrogens with one attached hydrogen (secondary N) is 1. The van der Waals surface area contributed by atoms with Crippen LogP contribution in [0.25, 0.3) is 22.0 Å². The minimum atomic E-state index is -3.28. The number of benzene rings is 2. The maximum Gasteiger partial charge on any atom is 0.221 e. The monoisotopic (exact) mass is 594 g/mol. The summed E-state index contributed by atoms with van der Waals surface area (Å²) in [5.41, 5.74) is 12.2. The van der Waals surface area contributed by atoms with E-state index in [0.29, 0.717) is 32.2 Å². The van der Waals surface area contributed by atoms with E-state index < -0.39 is 10.0 Å². The number of nitrogens with zero attached hydrogens (tertiary/aromatic N) is 2. The molecule has 0 bridgehead atoms. The second kappa shape index (κ2) is 13.7. The summed E-state index contributed by atoms with van der Waals surface area (Å²) in [6.07, 6.45) is 9.26. The van der Waals surface area contributed by atoms with Crippen LogP contribution in [-0.4, -0.2) is 73.7 Å². The van der Waals surface area contributed by atoms with Gasteiger partial charge in [0.25, 0.3) is 0 Å². The standard InChI is InChI=1S/C33H46N4O4S/c1-3-7-29-10-5-13-36(29)23-24-8-4-9-26(18-24)27-19-28(21-32(34)38)33-30(20-27)31(22-35-33)25-11-14-37(15-12-25)42(39,40)17-6-16-41-2/h4,8-9,18-20,22,25,29,35H,3,5-7,10-17,21,23H2,1-2H3,(H2,34,38). The topological polar surface area (TPSA) is 109 Å². The quantitative estimate of drug-likeness (QED) is 0.265. The minimum Gasteiger partial charge on any atom is -0.385 e. The summed E-state index contributed by atoms with van der Waals surface area (Å²) in [4.78, 5) is 18.1. The maximum atomic E-state index is 12.8. The number of sulfonamides is 1.